The molecule has 0 spiro atoms. The molecule has 3 aromatic heterocycles. The molecule has 5 nitrogen and oxygen atoms in total. The molecule has 0 radical (unpaired) electrons. The Morgan fingerprint density at radius 2 is 1.83 bits per heavy atom. The van der Waals surface area contributed by atoms with E-state index < -0.39 is 0 Å². The van der Waals surface area contributed by atoms with Crippen LogP contribution in [0, 0.1) is 0 Å². The zero-order chi connectivity index (χ0) is 20.7. The van der Waals surface area contributed by atoms with E-state index >= 15 is 0 Å². The third-order valence-corrected chi connectivity index (χ3v) is 5.82. The van der Waals surface area contributed by atoms with Crippen molar-refractivity contribution in [2.24, 2.45) is 14.1 Å². The number of fused-ring (bicyclic) bond motifs is 1. The van der Waals surface area contributed by atoms with Crippen LogP contribution >= 0.6 is 11.6 Å². The van der Waals surface area contributed by atoms with E-state index in [1.807, 2.05) is 59.9 Å². The average molecular weight is 414 g/mol. The summed E-state index contributed by atoms with van der Waals surface area (Å²) in [6, 6.07) is 16.5. The first kappa shape index (κ1) is 18.6. The van der Waals surface area contributed by atoms with E-state index in [2.05, 4.69) is 34.2 Å². The summed E-state index contributed by atoms with van der Waals surface area (Å²) in [7, 11) is 3.96. The van der Waals surface area contributed by atoms with Crippen LogP contribution in [0.15, 0.2) is 73.4 Å². The number of nitrogens with zero attached hydrogens (tertiary/aromatic N) is 5. The largest absolute Gasteiger partial charge is 0.334 e. The van der Waals surface area contributed by atoms with Gasteiger partial charge in [-0.05, 0) is 17.7 Å². The lowest BCUT2D eigenvalue weighted by molar-refractivity contribution is 0.914. The van der Waals surface area contributed by atoms with Gasteiger partial charge in [-0.1, -0.05) is 48.0 Å². The van der Waals surface area contributed by atoms with Gasteiger partial charge < -0.3 is 9.13 Å². The van der Waals surface area contributed by atoms with E-state index in [0.717, 1.165) is 39.2 Å². The summed E-state index contributed by atoms with van der Waals surface area (Å²) in [5.74, 6) is 0.806. The van der Waals surface area contributed by atoms with Crippen molar-refractivity contribution in [3.63, 3.8) is 0 Å². The zero-order valence-corrected chi connectivity index (χ0v) is 17.5. The third kappa shape index (κ3) is 3.17. The molecule has 0 atom stereocenters. The van der Waals surface area contributed by atoms with Crippen molar-refractivity contribution >= 4 is 22.5 Å². The zero-order valence-electron chi connectivity index (χ0n) is 16.7. The van der Waals surface area contributed by atoms with Crippen molar-refractivity contribution < 1.29 is 0 Å². The minimum Gasteiger partial charge on any atom is -0.334 e. The Balaban J connectivity index is 1.75. The molecule has 30 heavy (non-hydrogen) atoms. The lowest BCUT2D eigenvalue weighted by atomic mass is 9.99. The molecule has 0 bridgehead atoms. The SMILES string of the molecule is Cn1cncc1-c1ccc2nc(-c3nccn3C)c(Cc3ccccc3)c(Cl)c2c1. The molecule has 0 saturated heterocycles. The summed E-state index contributed by atoms with van der Waals surface area (Å²) in [5.41, 5.74) is 5.91. The molecule has 5 rings (SSSR count). The molecule has 2 aromatic carbocycles. The Bertz CT molecular complexity index is 1350. The highest BCUT2D eigenvalue weighted by Gasteiger charge is 2.19. The topological polar surface area (TPSA) is 48.5 Å². The molecule has 148 valence electrons. The van der Waals surface area contributed by atoms with Crippen LogP contribution in [0.3, 0.4) is 0 Å². The Kier molecular flexibility index (Phi) is 4.60. The van der Waals surface area contributed by atoms with Crippen molar-refractivity contribution in [1.29, 1.82) is 0 Å². The minimum absolute atomic E-state index is 0.681. The van der Waals surface area contributed by atoms with Gasteiger partial charge in [-0.15, -0.1) is 0 Å². The fourth-order valence-corrected chi connectivity index (χ4v) is 4.11. The number of halogens is 1. The summed E-state index contributed by atoms with van der Waals surface area (Å²) in [6.07, 6.45) is 8.04. The van der Waals surface area contributed by atoms with Crippen LogP contribution in [0.4, 0.5) is 0 Å². The fraction of sp³-hybridized carbons (Fsp3) is 0.125. The van der Waals surface area contributed by atoms with Gasteiger partial charge in [-0.3, -0.25) is 0 Å². The van der Waals surface area contributed by atoms with E-state index in [4.69, 9.17) is 16.6 Å². The molecule has 0 saturated carbocycles. The molecule has 0 amide bonds. The standard InChI is InChI=1S/C24H20ClN5/c1-29-11-10-27-24(29)23-19(12-16-6-4-3-5-7-16)22(25)18-13-17(8-9-20(18)28-23)21-14-26-15-30(21)2/h3-11,13-15H,12H2,1-2H3. The quantitative estimate of drug-likeness (QED) is 0.402. The van der Waals surface area contributed by atoms with Gasteiger partial charge >= 0.3 is 0 Å². The summed E-state index contributed by atoms with van der Waals surface area (Å²) in [6.45, 7) is 0. The maximum absolute atomic E-state index is 7.04. The maximum atomic E-state index is 7.04. The van der Waals surface area contributed by atoms with E-state index in [-0.39, 0.29) is 0 Å². The fourth-order valence-electron chi connectivity index (χ4n) is 3.80. The predicted molar refractivity (Wildman–Crippen MR) is 120 cm³/mol. The number of benzene rings is 2. The maximum Gasteiger partial charge on any atom is 0.158 e. The summed E-state index contributed by atoms with van der Waals surface area (Å²) >= 11 is 7.04. The Hall–Kier alpha value is -3.44. The van der Waals surface area contributed by atoms with Gasteiger partial charge in [0.1, 0.15) is 5.69 Å². The first-order valence-corrected chi connectivity index (χ1v) is 10.1. The monoisotopic (exact) mass is 413 g/mol. The van der Waals surface area contributed by atoms with Gasteiger partial charge in [0.15, 0.2) is 5.82 Å². The van der Waals surface area contributed by atoms with Crippen molar-refractivity contribution in [3.8, 4) is 22.8 Å². The molecule has 0 unspecified atom stereocenters. The van der Waals surface area contributed by atoms with Crippen LogP contribution in [0.1, 0.15) is 11.1 Å². The van der Waals surface area contributed by atoms with Crippen LogP contribution in [0.5, 0.6) is 0 Å². The van der Waals surface area contributed by atoms with Crippen molar-refractivity contribution in [1.82, 2.24) is 24.1 Å². The molecule has 3 heterocycles. The Labute approximate surface area is 179 Å². The van der Waals surface area contributed by atoms with Crippen molar-refractivity contribution in [2.45, 2.75) is 6.42 Å². The van der Waals surface area contributed by atoms with E-state index in [1.54, 1.807) is 12.5 Å². The van der Waals surface area contributed by atoms with Crippen molar-refractivity contribution in [3.05, 3.63) is 89.6 Å². The van der Waals surface area contributed by atoms with E-state index in [1.165, 1.54) is 5.56 Å². The lowest BCUT2D eigenvalue weighted by Crippen LogP contribution is -2.02. The highest BCUT2D eigenvalue weighted by atomic mass is 35.5. The molecular weight excluding hydrogens is 394 g/mol. The lowest BCUT2D eigenvalue weighted by Gasteiger charge is -2.15. The number of aromatic nitrogens is 5. The van der Waals surface area contributed by atoms with Crippen LogP contribution in [0.25, 0.3) is 33.7 Å². The smallest absolute Gasteiger partial charge is 0.158 e. The molecule has 0 aliphatic carbocycles. The second kappa shape index (κ2) is 7.43. The predicted octanol–water partition coefficient (Wildman–Crippen LogP) is 5.28. The number of hydrogen-bond acceptors (Lipinski definition) is 3. The molecule has 6 heteroatoms. The van der Waals surface area contributed by atoms with Gasteiger partial charge in [0.05, 0.1) is 28.8 Å². The van der Waals surface area contributed by atoms with Gasteiger partial charge in [-0.2, -0.15) is 0 Å². The first-order chi connectivity index (χ1) is 14.6. The third-order valence-electron chi connectivity index (χ3n) is 5.39. The van der Waals surface area contributed by atoms with Crippen LogP contribution in [-0.4, -0.2) is 24.1 Å². The summed E-state index contributed by atoms with van der Waals surface area (Å²) in [5, 5.41) is 1.64. The average Bonchev–Trinajstić information content (AvgIpc) is 3.38. The van der Waals surface area contributed by atoms with E-state index in [0.29, 0.717) is 11.4 Å². The molecule has 0 fully saturated rings. The highest BCUT2D eigenvalue weighted by molar-refractivity contribution is 6.36. The molecule has 0 aliphatic rings. The molecular formula is C24H20ClN5. The Morgan fingerprint density at radius 1 is 1.00 bits per heavy atom. The number of pyridine rings is 1. The normalized spacial score (nSPS) is 11.3. The first-order valence-electron chi connectivity index (χ1n) is 9.72. The van der Waals surface area contributed by atoms with Crippen LogP contribution in [-0.2, 0) is 20.5 Å². The summed E-state index contributed by atoms with van der Waals surface area (Å²) < 4.78 is 3.97. The van der Waals surface area contributed by atoms with Gasteiger partial charge in [-0.25, -0.2) is 15.0 Å². The van der Waals surface area contributed by atoms with Crippen LogP contribution in [0.2, 0.25) is 5.02 Å². The number of aryl methyl sites for hydroxylation is 2. The molecule has 0 aliphatic heterocycles. The second-order valence-corrected chi connectivity index (χ2v) is 7.78. The van der Waals surface area contributed by atoms with E-state index in [9.17, 15) is 0 Å². The number of rotatable bonds is 4. The van der Waals surface area contributed by atoms with Gasteiger partial charge in [0.2, 0.25) is 0 Å². The Morgan fingerprint density at radius 3 is 2.53 bits per heavy atom. The van der Waals surface area contributed by atoms with Gasteiger partial charge in [0, 0.05) is 49.4 Å². The second-order valence-electron chi connectivity index (χ2n) is 7.40. The van der Waals surface area contributed by atoms with Gasteiger partial charge in [0.25, 0.3) is 0 Å². The molecule has 0 N–H and O–H groups in total. The van der Waals surface area contributed by atoms with Crippen molar-refractivity contribution in [2.75, 3.05) is 0 Å². The number of imidazole rings is 2. The number of hydrogen-bond donors (Lipinski definition) is 0. The minimum atomic E-state index is 0.681. The highest BCUT2D eigenvalue weighted by Crippen LogP contribution is 2.36. The van der Waals surface area contributed by atoms with Crippen LogP contribution < -0.4 is 0 Å². The molecule has 5 aromatic rings. The summed E-state index contributed by atoms with van der Waals surface area (Å²) in [4.78, 5) is 13.8.